The van der Waals surface area contributed by atoms with Crippen molar-refractivity contribution in [1.29, 1.82) is 0 Å². The Morgan fingerprint density at radius 1 is 1.56 bits per heavy atom. The van der Waals surface area contributed by atoms with Crippen LogP contribution in [0.3, 0.4) is 0 Å². The maximum Gasteiger partial charge on any atom is 0.326 e. The number of aryl methyl sites for hydroxylation is 2. The number of aliphatic carboxylic acids is 1. The van der Waals surface area contributed by atoms with Crippen LogP contribution >= 0.6 is 11.3 Å². The zero-order chi connectivity index (χ0) is 13.5. The molecule has 2 N–H and O–H groups in total. The topological polar surface area (TPSA) is 79.3 Å². The Morgan fingerprint density at radius 3 is 2.78 bits per heavy atom. The smallest absolute Gasteiger partial charge is 0.326 e. The molecule has 0 aliphatic heterocycles. The second-order valence-corrected chi connectivity index (χ2v) is 5.07. The van der Waals surface area contributed by atoms with E-state index in [2.05, 4.69) is 10.3 Å². The second-order valence-electron chi connectivity index (χ2n) is 4.13. The molecule has 0 radical (unpaired) electrons. The number of hydrogen-bond acceptors (Lipinski definition) is 4. The van der Waals surface area contributed by atoms with Gasteiger partial charge in [-0.3, -0.25) is 4.79 Å². The largest absolute Gasteiger partial charge is 0.480 e. The number of carbonyl (C=O) groups excluding carboxylic acids is 1. The van der Waals surface area contributed by atoms with Crippen molar-refractivity contribution in [3.63, 3.8) is 0 Å². The summed E-state index contributed by atoms with van der Waals surface area (Å²) in [7, 11) is 0. The first-order valence-corrected chi connectivity index (χ1v) is 6.84. The van der Waals surface area contributed by atoms with E-state index in [4.69, 9.17) is 5.11 Å². The van der Waals surface area contributed by atoms with Gasteiger partial charge in [0.2, 0.25) is 5.91 Å². The van der Waals surface area contributed by atoms with Crippen molar-refractivity contribution in [3.8, 4) is 0 Å². The highest BCUT2D eigenvalue weighted by atomic mass is 32.1. The molecule has 1 unspecified atom stereocenters. The highest BCUT2D eigenvalue weighted by molar-refractivity contribution is 7.09. The van der Waals surface area contributed by atoms with Crippen LogP contribution in [0.15, 0.2) is 5.38 Å². The molecule has 1 atom stereocenters. The number of rotatable bonds is 7. The number of aromatic nitrogens is 1. The molecule has 1 rings (SSSR count). The normalized spacial score (nSPS) is 12.1. The lowest BCUT2D eigenvalue weighted by Crippen LogP contribution is -2.40. The predicted octanol–water partition coefficient (Wildman–Crippen LogP) is 1.75. The standard InChI is InChI=1S/C12H18N2O3S/c1-3-4-9(12(16)17)14-10(15)5-6-11-13-8(2)7-18-11/h7,9H,3-6H2,1-2H3,(H,14,15)(H,16,17). The van der Waals surface area contributed by atoms with E-state index in [9.17, 15) is 9.59 Å². The van der Waals surface area contributed by atoms with Gasteiger partial charge >= 0.3 is 5.97 Å². The quantitative estimate of drug-likeness (QED) is 0.791. The summed E-state index contributed by atoms with van der Waals surface area (Å²) in [5, 5.41) is 14.3. The van der Waals surface area contributed by atoms with Gasteiger partial charge in [0.15, 0.2) is 0 Å². The van der Waals surface area contributed by atoms with Crippen molar-refractivity contribution in [2.24, 2.45) is 0 Å². The lowest BCUT2D eigenvalue weighted by molar-refractivity contribution is -0.142. The monoisotopic (exact) mass is 270 g/mol. The first-order valence-electron chi connectivity index (χ1n) is 5.96. The summed E-state index contributed by atoms with van der Waals surface area (Å²) in [4.78, 5) is 26.7. The van der Waals surface area contributed by atoms with Gasteiger partial charge in [-0.05, 0) is 13.3 Å². The molecular weight excluding hydrogens is 252 g/mol. The minimum absolute atomic E-state index is 0.233. The molecule has 0 fully saturated rings. The van der Waals surface area contributed by atoms with Gasteiger partial charge in [-0.25, -0.2) is 9.78 Å². The van der Waals surface area contributed by atoms with Crippen LogP contribution in [-0.4, -0.2) is 28.0 Å². The summed E-state index contributed by atoms with van der Waals surface area (Å²) in [6.45, 7) is 3.79. The van der Waals surface area contributed by atoms with Crippen molar-refractivity contribution in [2.45, 2.75) is 45.6 Å². The number of carbonyl (C=O) groups is 2. The van der Waals surface area contributed by atoms with Gasteiger partial charge in [0.05, 0.1) is 5.01 Å². The van der Waals surface area contributed by atoms with Crippen LogP contribution in [0.4, 0.5) is 0 Å². The number of carboxylic acid groups (broad SMARTS) is 1. The summed E-state index contributed by atoms with van der Waals surface area (Å²) in [5.41, 5.74) is 0.949. The van der Waals surface area contributed by atoms with Gasteiger partial charge in [-0.2, -0.15) is 0 Å². The van der Waals surface area contributed by atoms with Gasteiger partial charge in [-0.1, -0.05) is 13.3 Å². The summed E-state index contributed by atoms with van der Waals surface area (Å²) < 4.78 is 0. The van der Waals surface area contributed by atoms with Crippen molar-refractivity contribution in [1.82, 2.24) is 10.3 Å². The van der Waals surface area contributed by atoms with Crippen molar-refractivity contribution in [3.05, 3.63) is 16.1 Å². The zero-order valence-electron chi connectivity index (χ0n) is 10.6. The molecule has 1 amide bonds. The molecule has 100 valence electrons. The molecule has 0 spiro atoms. The van der Waals surface area contributed by atoms with E-state index < -0.39 is 12.0 Å². The maximum absolute atomic E-state index is 11.6. The first kappa shape index (κ1) is 14.6. The Bertz CT molecular complexity index is 417. The third-order valence-electron chi connectivity index (χ3n) is 2.44. The SMILES string of the molecule is CCCC(NC(=O)CCc1nc(C)cs1)C(=O)O. The second kappa shape index (κ2) is 7.10. The van der Waals surface area contributed by atoms with Crippen molar-refractivity contribution in [2.75, 3.05) is 0 Å². The Labute approximate surface area is 110 Å². The van der Waals surface area contributed by atoms with E-state index in [0.29, 0.717) is 12.8 Å². The highest BCUT2D eigenvalue weighted by Gasteiger charge is 2.18. The van der Waals surface area contributed by atoms with Crippen LogP contribution in [0.2, 0.25) is 0 Å². The number of carboxylic acids is 1. The van der Waals surface area contributed by atoms with Crippen LogP contribution in [0.25, 0.3) is 0 Å². The molecular formula is C12H18N2O3S. The third kappa shape index (κ3) is 4.83. The van der Waals surface area contributed by atoms with E-state index in [1.165, 1.54) is 11.3 Å². The number of nitrogens with zero attached hydrogens (tertiary/aromatic N) is 1. The Balaban J connectivity index is 2.38. The van der Waals surface area contributed by atoms with E-state index >= 15 is 0 Å². The molecule has 5 nitrogen and oxygen atoms in total. The van der Waals surface area contributed by atoms with E-state index in [-0.39, 0.29) is 12.3 Å². The zero-order valence-corrected chi connectivity index (χ0v) is 11.4. The molecule has 18 heavy (non-hydrogen) atoms. The molecule has 0 aliphatic rings. The molecule has 0 saturated heterocycles. The van der Waals surface area contributed by atoms with Crippen LogP contribution in [0.5, 0.6) is 0 Å². The molecule has 0 aromatic carbocycles. The average molecular weight is 270 g/mol. The van der Waals surface area contributed by atoms with Gasteiger partial charge in [0, 0.05) is 23.9 Å². The summed E-state index contributed by atoms with van der Waals surface area (Å²) in [5.74, 6) is -1.21. The molecule has 1 aromatic heterocycles. The molecule has 1 aromatic rings. The number of thiazole rings is 1. The van der Waals surface area contributed by atoms with Gasteiger partial charge in [0.25, 0.3) is 0 Å². The fraction of sp³-hybridized carbons (Fsp3) is 0.583. The Kier molecular flexibility index (Phi) is 5.77. The third-order valence-corrected chi connectivity index (χ3v) is 3.47. The number of hydrogen-bond donors (Lipinski definition) is 2. The summed E-state index contributed by atoms with van der Waals surface area (Å²) in [6, 6.07) is -0.777. The maximum atomic E-state index is 11.6. The van der Waals surface area contributed by atoms with E-state index in [1.807, 2.05) is 19.2 Å². The number of amides is 1. The van der Waals surface area contributed by atoms with Crippen LogP contribution in [0, 0.1) is 6.92 Å². The molecule has 0 bridgehead atoms. The fourth-order valence-electron chi connectivity index (χ4n) is 1.55. The Morgan fingerprint density at radius 2 is 2.28 bits per heavy atom. The van der Waals surface area contributed by atoms with Gasteiger partial charge in [0.1, 0.15) is 6.04 Å². The molecule has 0 aliphatic carbocycles. The van der Waals surface area contributed by atoms with E-state index in [1.54, 1.807) is 0 Å². The predicted molar refractivity (Wildman–Crippen MR) is 69.6 cm³/mol. The van der Waals surface area contributed by atoms with Crippen molar-refractivity contribution >= 4 is 23.2 Å². The molecule has 6 heteroatoms. The van der Waals surface area contributed by atoms with Gasteiger partial charge in [-0.15, -0.1) is 11.3 Å². The summed E-state index contributed by atoms with van der Waals surface area (Å²) >= 11 is 1.52. The van der Waals surface area contributed by atoms with Gasteiger partial charge < -0.3 is 10.4 Å². The molecule has 0 saturated carbocycles. The van der Waals surface area contributed by atoms with Crippen LogP contribution in [-0.2, 0) is 16.0 Å². The first-order chi connectivity index (χ1) is 8.52. The minimum atomic E-state index is -0.977. The lowest BCUT2D eigenvalue weighted by atomic mass is 10.1. The molecule has 1 heterocycles. The fourth-order valence-corrected chi connectivity index (χ4v) is 2.33. The van der Waals surface area contributed by atoms with Crippen LogP contribution in [0.1, 0.15) is 36.9 Å². The van der Waals surface area contributed by atoms with E-state index in [0.717, 1.165) is 17.1 Å². The number of nitrogens with one attached hydrogen (secondary N) is 1. The van der Waals surface area contributed by atoms with Crippen LogP contribution < -0.4 is 5.32 Å². The van der Waals surface area contributed by atoms with Crippen molar-refractivity contribution < 1.29 is 14.7 Å². The average Bonchev–Trinajstić information content (AvgIpc) is 2.72. The highest BCUT2D eigenvalue weighted by Crippen LogP contribution is 2.10. The summed E-state index contributed by atoms with van der Waals surface area (Å²) in [6.07, 6.45) is 2.02. The Hall–Kier alpha value is -1.43. The lowest BCUT2D eigenvalue weighted by Gasteiger charge is -2.12. The minimum Gasteiger partial charge on any atom is -0.480 e.